The molecule has 5 heteroatoms. The number of pyridine rings is 1. The minimum absolute atomic E-state index is 0.311. The van der Waals surface area contributed by atoms with E-state index in [9.17, 15) is 5.11 Å². The van der Waals surface area contributed by atoms with Crippen molar-refractivity contribution in [1.29, 1.82) is 0 Å². The second-order valence-electron chi connectivity index (χ2n) is 5.16. The van der Waals surface area contributed by atoms with Crippen LogP contribution in [0.2, 0.25) is 0 Å². The monoisotopic (exact) mass is 311 g/mol. The van der Waals surface area contributed by atoms with Crippen LogP contribution in [0.5, 0.6) is 5.75 Å². The van der Waals surface area contributed by atoms with E-state index in [1.165, 1.54) is 0 Å². The van der Waals surface area contributed by atoms with Crippen molar-refractivity contribution in [3.63, 3.8) is 0 Å². The molecular formula is C17H17N3OS. The van der Waals surface area contributed by atoms with Gasteiger partial charge in [0.25, 0.3) is 0 Å². The lowest BCUT2D eigenvalue weighted by Crippen LogP contribution is -2.17. The minimum Gasteiger partial charge on any atom is -0.508 e. The van der Waals surface area contributed by atoms with Crippen LogP contribution < -0.4 is 0 Å². The van der Waals surface area contributed by atoms with Gasteiger partial charge >= 0.3 is 0 Å². The van der Waals surface area contributed by atoms with Gasteiger partial charge in [-0.2, -0.15) is 0 Å². The van der Waals surface area contributed by atoms with E-state index in [-0.39, 0.29) is 0 Å². The molecule has 0 saturated heterocycles. The number of nitrogens with zero attached hydrogens (tertiary/aromatic N) is 3. The van der Waals surface area contributed by atoms with E-state index in [1.807, 2.05) is 49.0 Å². The molecular weight excluding hydrogens is 294 g/mol. The van der Waals surface area contributed by atoms with Gasteiger partial charge in [-0.15, -0.1) is 11.3 Å². The number of hydrogen-bond acceptors (Lipinski definition) is 5. The highest BCUT2D eigenvalue weighted by Gasteiger charge is 2.09. The molecule has 0 unspecified atom stereocenters. The molecule has 1 aromatic carbocycles. The van der Waals surface area contributed by atoms with Gasteiger partial charge in [-0.25, -0.2) is 4.98 Å². The zero-order valence-corrected chi connectivity index (χ0v) is 13.1. The number of rotatable bonds is 5. The van der Waals surface area contributed by atoms with Gasteiger partial charge in [0.15, 0.2) is 0 Å². The van der Waals surface area contributed by atoms with Gasteiger partial charge in [0.1, 0.15) is 10.8 Å². The summed E-state index contributed by atoms with van der Waals surface area (Å²) in [4.78, 5) is 10.8. The standard InChI is InChI=1S/C17H17N3OS/c1-20(12-17-19-8-9-22-17)11-14-10-13(5-6-16(14)21)15-4-2-3-7-18-15/h2-10,21H,11-12H2,1H3. The molecule has 0 radical (unpaired) electrons. The Hall–Kier alpha value is -2.24. The predicted molar refractivity (Wildman–Crippen MR) is 88.6 cm³/mol. The number of phenolic OH excluding ortho intramolecular Hbond substituents is 1. The van der Waals surface area contributed by atoms with Crippen LogP contribution in [-0.4, -0.2) is 27.0 Å². The average molecular weight is 311 g/mol. The summed E-state index contributed by atoms with van der Waals surface area (Å²) < 4.78 is 0. The number of thiazole rings is 1. The van der Waals surface area contributed by atoms with Crippen molar-refractivity contribution in [2.45, 2.75) is 13.1 Å². The minimum atomic E-state index is 0.311. The van der Waals surface area contributed by atoms with Crippen molar-refractivity contribution < 1.29 is 5.11 Å². The van der Waals surface area contributed by atoms with Crippen LogP contribution in [0.4, 0.5) is 0 Å². The highest BCUT2D eigenvalue weighted by atomic mass is 32.1. The number of hydrogen-bond donors (Lipinski definition) is 1. The van der Waals surface area contributed by atoms with Crippen LogP contribution >= 0.6 is 11.3 Å². The lowest BCUT2D eigenvalue weighted by Gasteiger charge is -2.16. The Morgan fingerprint density at radius 1 is 1.09 bits per heavy atom. The first-order chi connectivity index (χ1) is 10.7. The second kappa shape index (κ2) is 6.68. The summed E-state index contributed by atoms with van der Waals surface area (Å²) in [7, 11) is 2.02. The zero-order valence-electron chi connectivity index (χ0n) is 12.3. The van der Waals surface area contributed by atoms with Crippen molar-refractivity contribution in [3.05, 3.63) is 64.7 Å². The summed E-state index contributed by atoms with van der Waals surface area (Å²) in [6.07, 6.45) is 3.59. The summed E-state index contributed by atoms with van der Waals surface area (Å²) in [6, 6.07) is 11.4. The highest BCUT2D eigenvalue weighted by molar-refractivity contribution is 7.09. The number of benzene rings is 1. The molecule has 0 amide bonds. The Morgan fingerprint density at radius 2 is 2.00 bits per heavy atom. The van der Waals surface area contributed by atoms with Gasteiger partial charge in [-0.05, 0) is 37.4 Å². The van der Waals surface area contributed by atoms with Crippen molar-refractivity contribution in [2.24, 2.45) is 0 Å². The van der Waals surface area contributed by atoms with Crippen molar-refractivity contribution in [2.75, 3.05) is 7.05 Å². The fourth-order valence-electron chi connectivity index (χ4n) is 2.31. The molecule has 22 heavy (non-hydrogen) atoms. The van der Waals surface area contributed by atoms with Crippen LogP contribution in [0.1, 0.15) is 10.6 Å². The summed E-state index contributed by atoms with van der Waals surface area (Å²) in [5, 5.41) is 13.1. The third-order valence-electron chi connectivity index (χ3n) is 3.37. The first-order valence-electron chi connectivity index (χ1n) is 7.02. The summed E-state index contributed by atoms with van der Waals surface area (Å²) in [5.41, 5.74) is 2.81. The van der Waals surface area contributed by atoms with Gasteiger partial charge < -0.3 is 5.11 Å². The van der Waals surface area contributed by atoms with Gasteiger partial charge in [-0.1, -0.05) is 6.07 Å². The van der Waals surface area contributed by atoms with Gasteiger partial charge in [-0.3, -0.25) is 9.88 Å². The number of aromatic hydroxyl groups is 1. The molecule has 1 N–H and O–H groups in total. The predicted octanol–water partition coefficient (Wildman–Crippen LogP) is 3.54. The quantitative estimate of drug-likeness (QED) is 0.783. The van der Waals surface area contributed by atoms with E-state index in [2.05, 4.69) is 14.9 Å². The molecule has 0 bridgehead atoms. The summed E-state index contributed by atoms with van der Waals surface area (Å²) in [5.74, 6) is 0.311. The van der Waals surface area contributed by atoms with Crippen molar-refractivity contribution in [1.82, 2.24) is 14.9 Å². The van der Waals surface area contributed by atoms with Crippen molar-refractivity contribution >= 4 is 11.3 Å². The first kappa shape index (κ1) is 14.7. The Kier molecular flexibility index (Phi) is 4.46. The number of aromatic nitrogens is 2. The molecule has 4 nitrogen and oxygen atoms in total. The van der Waals surface area contributed by atoms with Crippen LogP contribution in [0, 0.1) is 0 Å². The van der Waals surface area contributed by atoms with Gasteiger partial charge in [0.2, 0.25) is 0 Å². The maximum Gasteiger partial charge on any atom is 0.120 e. The average Bonchev–Trinajstić information content (AvgIpc) is 3.03. The van der Waals surface area contributed by atoms with Crippen molar-refractivity contribution in [3.8, 4) is 17.0 Å². The molecule has 3 rings (SSSR count). The normalized spacial score (nSPS) is 11.0. The molecule has 0 saturated carbocycles. The Labute approximate surface area is 133 Å². The van der Waals surface area contributed by atoms with Crippen LogP contribution in [0.15, 0.2) is 54.2 Å². The van der Waals surface area contributed by atoms with E-state index in [4.69, 9.17) is 0 Å². The maximum absolute atomic E-state index is 10.1. The molecule has 112 valence electrons. The van der Waals surface area contributed by atoms with E-state index < -0.39 is 0 Å². The van der Waals surface area contributed by atoms with Crippen LogP contribution in [0.25, 0.3) is 11.3 Å². The van der Waals surface area contributed by atoms with E-state index in [0.29, 0.717) is 12.3 Å². The fraction of sp³-hybridized carbons (Fsp3) is 0.176. The van der Waals surface area contributed by atoms with E-state index in [1.54, 1.807) is 23.6 Å². The molecule has 2 aromatic heterocycles. The first-order valence-corrected chi connectivity index (χ1v) is 7.90. The molecule has 3 aromatic rings. The molecule has 0 atom stereocenters. The smallest absolute Gasteiger partial charge is 0.120 e. The Bertz CT molecular complexity index is 729. The lowest BCUT2D eigenvalue weighted by molar-refractivity contribution is 0.312. The third-order valence-corrected chi connectivity index (χ3v) is 4.13. The molecule has 0 aliphatic rings. The number of phenols is 1. The SMILES string of the molecule is CN(Cc1nccs1)Cc1cc(-c2ccccn2)ccc1O. The van der Waals surface area contributed by atoms with Gasteiger partial charge in [0.05, 0.1) is 12.2 Å². The third kappa shape index (κ3) is 3.50. The Balaban J connectivity index is 1.78. The van der Waals surface area contributed by atoms with E-state index >= 15 is 0 Å². The Morgan fingerprint density at radius 3 is 2.73 bits per heavy atom. The largest absolute Gasteiger partial charge is 0.508 e. The van der Waals surface area contributed by atoms with Crippen LogP contribution in [-0.2, 0) is 13.1 Å². The summed E-state index contributed by atoms with van der Waals surface area (Å²) in [6.45, 7) is 1.43. The highest BCUT2D eigenvalue weighted by Crippen LogP contribution is 2.26. The summed E-state index contributed by atoms with van der Waals surface area (Å²) >= 11 is 1.64. The topological polar surface area (TPSA) is 49.2 Å². The molecule has 0 fully saturated rings. The van der Waals surface area contributed by atoms with Crippen LogP contribution in [0.3, 0.4) is 0 Å². The maximum atomic E-state index is 10.1. The molecule has 2 heterocycles. The van der Waals surface area contributed by atoms with Gasteiger partial charge in [0, 0.05) is 35.4 Å². The molecule has 0 aliphatic carbocycles. The second-order valence-corrected chi connectivity index (χ2v) is 6.14. The lowest BCUT2D eigenvalue weighted by atomic mass is 10.1. The van der Waals surface area contributed by atoms with E-state index in [0.717, 1.165) is 28.4 Å². The molecule has 0 spiro atoms. The zero-order chi connectivity index (χ0) is 15.4. The fourth-order valence-corrected chi connectivity index (χ4v) is 3.01. The molecule has 0 aliphatic heterocycles.